The Hall–Kier alpha value is -1.16. The van der Waals surface area contributed by atoms with Crippen molar-refractivity contribution >= 4 is 23.3 Å². The van der Waals surface area contributed by atoms with E-state index in [1.807, 2.05) is 18.2 Å². The maximum Gasteiger partial charge on any atom is 0.126 e. The maximum absolute atomic E-state index is 7.86. The van der Waals surface area contributed by atoms with Crippen molar-refractivity contribution in [1.82, 2.24) is 0 Å². The van der Waals surface area contributed by atoms with Gasteiger partial charge in [0.2, 0.25) is 0 Å². The van der Waals surface area contributed by atoms with Gasteiger partial charge in [-0.1, -0.05) is 33.8 Å². The van der Waals surface area contributed by atoms with Gasteiger partial charge in [-0.15, -0.1) is 11.8 Å². The van der Waals surface area contributed by atoms with Crippen LogP contribution in [0.3, 0.4) is 0 Å². The van der Waals surface area contributed by atoms with Gasteiger partial charge in [-0.2, -0.15) is 0 Å². The van der Waals surface area contributed by atoms with E-state index in [0.717, 1.165) is 28.4 Å². The van der Waals surface area contributed by atoms with Crippen molar-refractivity contribution in [3.63, 3.8) is 0 Å². The van der Waals surface area contributed by atoms with Crippen LogP contribution in [0.15, 0.2) is 23.1 Å². The summed E-state index contributed by atoms with van der Waals surface area (Å²) in [5.41, 5.74) is 7.90. The van der Waals surface area contributed by atoms with E-state index in [0.29, 0.717) is 0 Å². The molecule has 19 heavy (non-hydrogen) atoms. The summed E-state index contributed by atoms with van der Waals surface area (Å²) in [6.07, 6.45) is 0. The number of nitrogens with one attached hydrogen (secondary N) is 1. The van der Waals surface area contributed by atoms with Gasteiger partial charge in [0.15, 0.2) is 0 Å². The first-order chi connectivity index (χ1) is 8.76. The van der Waals surface area contributed by atoms with Gasteiger partial charge in [0.05, 0.1) is 5.56 Å². The number of hydrogen-bond donors (Lipinski definition) is 2. The molecule has 0 spiro atoms. The quantitative estimate of drug-likeness (QED) is 0.492. The Morgan fingerprint density at radius 1 is 1.37 bits per heavy atom. The number of anilines is 1. The lowest BCUT2D eigenvalue weighted by Gasteiger charge is -2.30. The van der Waals surface area contributed by atoms with E-state index >= 15 is 0 Å². The topological polar surface area (TPSA) is 53.1 Å². The molecule has 3 N–H and O–H groups in total. The highest BCUT2D eigenvalue weighted by molar-refractivity contribution is 7.99. The molecule has 0 unspecified atom stereocenters. The molecule has 0 aliphatic heterocycles. The predicted molar refractivity (Wildman–Crippen MR) is 86.6 cm³/mol. The largest absolute Gasteiger partial charge is 0.384 e. The zero-order valence-electron chi connectivity index (χ0n) is 12.6. The molecule has 0 fully saturated rings. The van der Waals surface area contributed by atoms with Crippen LogP contribution in [0.4, 0.5) is 5.69 Å². The average Bonchev–Trinajstić information content (AvgIpc) is 2.26. The fraction of sp³-hybridized carbons (Fsp3) is 0.533. The Balaban J connectivity index is 3.19. The molecule has 1 rings (SSSR count). The molecule has 0 atom stereocenters. The minimum absolute atomic E-state index is 0.146. The predicted octanol–water partition coefficient (Wildman–Crippen LogP) is 3.56. The molecule has 4 heteroatoms. The molecule has 0 saturated heterocycles. The first-order valence-electron chi connectivity index (χ1n) is 6.57. The number of nitrogens with two attached hydrogens (primary N) is 1. The van der Waals surface area contributed by atoms with Crippen molar-refractivity contribution in [3.8, 4) is 0 Å². The van der Waals surface area contributed by atoms with E-state index in [9.17, 15) is 0 Å². The summed E-state index contributed by atoms with van der Waals surface area (Å²) >= 11 is 1.73. The van der Waals surface area contributed by atoms with Crippen LogP contribution in [0.2, 0.25) is 0 Å². The second-order valence-corrected chi connectivity index (χ2v) is 7.22. The molecule has 0 amide bonds. The van der Waals surface area contributed by atoms with Crippen LogP contribution in [0.25, 0.3) is 0 Å². The van der Waals surface area contributed by atoms with Crippen LogP contribution >= 0.6 is 11.8 Å². The van der Waals surface area contributed by atoms with Gasteiger partial charge < -0.3 is 10.6 Å². The van der Waals surface area contributed by atoms with Gasteiger partial charge in [-0.05, 0) is 23.3 Å². The van der Waals surface area contributed by atoms with E-state index in [1.165, 1.54) is 0 Å². The zero-order chi connectivity index (χ0) is 14.6. The number of hydrogen-bond acceptors (Lipinski definition) is 3. The van der Waals surface area contributed by atoms with Crippen LogP contribution in [-0.4, -0.2) is 25.2 Å². The molecular formula is C15H25N3S. The van der Waals surface area contributed by atoms with E-state index < -0.39 is 0 Å². The summed E-state index contributed by atoms with van der Waals surface area (Å²) in [5, 5.41) is 7.86. The van der Waals surface area contributed by atoms with Gasteiger partial charge in [-0.3, -0.25) is 5.41 Å². The summed E-state index contributed by atoms with van der Waals surface area (Å²) in [4.78, 5) is 3.28. The highest BCUT2D eigenvalue weighted by Gasteiger charge is 2.19. The summed E-state index contributed by atoms with van der Waals surface area (Å²) in [5.74, 6) is 1.12. The van der Waals surface area contributed by atoms with E-state index in [4.69, 9.17) is 11.1 Å². The molecule has 0 aliphatic rings. The van der Waals surface area contributed by atoms with Crippen LogP contribution < -0.4 is 10.6 Å². The zero-order valence-corrected chi connectivity index (χ0v) is 13.4. The van der Waals surface area contributed by atoms with E-state index in [-0.39, 0.29) is 11.3 Å². The first-order valence-corrected chi connectivity index (χ1v) is 7.56. The van der Waals surface area contributed by atoms with Crippen molar-refractivity contribution < 1.29 is 0 Å². The number of thioether (sulfide) groups is 1. The third kappa shape index (κ3) is 4.46. The highest BCUT2D eigenvalue weighted by atomic mass is 32.2. The molecule has 3 nitrogen and oxygen atoms in total. The number of nitrogens with zero attached hydrogens (tertiary/aromatic N) is 1. The van der Waals surface area contributed by atoms with E-state index in [1.54, 1.807) is 11.8 Å². The lowest BCUT2D eigenvalue weighted by atomic mass is 9.95. The monoisotopic (exact) mass is 279 g/mol. The third-order valence-electron chi connectivity index (χ3n) is 2.70. The Bertz CT molecular complexity index is 449. The van der Waals surface area contributed by atoms with Gasteiger partial charge in [0, 0.05) is 24.2 Å². The normalized spacial score (nSPS) is 11.4. The molecule has 106 valence electrons. The lowest BCUT2D eigenvalue weighted by molar-refractivity contribution is 0.419. The second kappa shape index (κ2) is 6.33. The Morgan fingerprint density at radius 3 is 2.47 bits per heavy atom. The van der Waals surface area contributed by atoms with Crippen molar-refractivity contribution in [2.75, 3.05) is 24.2 Å². The van der Waals surface area contributed by atoms with Gasteiger partial charge in [0.25, 0.3) is 0 Å². The van der Waals surface area contributed by atoms with Crippen molar-refractivity contribution in [2.24, 2.45) is 11.1 Å². The van der Waals surface area contributed by atoms with Crippen molar-refractivity contribution in [2.45, 2.75) is 32.6 Å². The van der Waals surface area contributed by atoms with Gasteiger partial charge >= 0.3 is 0 Å². The maximum atomic E-state index is 7.86. The minimum atomic E-state index is 0.146. The van der Waals surface area contributed by atoms with Crippen LogP contribution in [0, 0.1) is 10.8 Å². The molecular weight excluding hydrogens is 254 g/mol. The molecule has 1 aromatic carbocycles. The Morgan fingerprint density at radius 2 is 2.00 bits per heavy atom. The molecule has 0 aromatic heterocycles. The first kappa shape index (κ1) is 15.9. The smallest absolute Gasteiger partial charge is 0.126 e. The van der Waals surface area contributed by atoms with Crippen molar-refractivity contribution in [3.05, 3.63) is 23.8 Å². The molecule has 0 saturated carbocycles. The fourth-order valence-corrected chi connectivity index (χ4v) is 3.03. The van der Waals surface area contributed by atoms with Gasteiger partial charge in [-0.25, -0.2) is 0 Å². The molecule has 0 radical (unpaired) electrons. The molecule has 0 heterocycles. The third-order valence-corrected chi connectivity index (χ3v) is 3.64. The molecule has 1 aromatic rings. The van der Waals surface area contributed by atoms with Gasteiger partial charge in [0.1, 0.15) is 5.84 Å². The number of rotatable bonds is 5. The summed E-state index contributed by atoms with van der Waals surface area (Å²) < 4.78 is 0. The van der Waals surface area contributed by atoms with Crippen molar-refractivity contribution in [1.29, 1.82) is 5.41 Å². The number of amidine groups is 1. The standard InChI is InChI=1S/C15H25N3S/c1-6-19-12-9-7-8-11(13(12)14(16)17)18(5)10-15(2,3)4/h7-9H,6,10H2,1-5H3,(H3,16,17). The van der Waals surface area contributed by atoms with E-state index in [2.05, 4.69) is 39.6 Å². The summed E-state index contributed by atoms with van der Waals surface area (Å²) in [7, 11) is 2.06. The van der Waals surface area contributed by atoms with Crippen LogP contribution in [0.1, 0.15) is 33.3 Å². The fourth-order valence-electron chi connectivity index (χ4n) is 2.18. The average molecular weight is 279 g/mol. The molecule has 0 aliphatic carbocycles. The Labute approximate surface area is 121 Å². The minimum Gasteiger partial charge on any atom is -0.384 e. The SMILES string of the molecule is CCSc1cccc(N(C)CC(C)(C)C)c1C(=N)N. The number of nitrogen functional groups attached to an aromatic ring is 1. The Kier molecular flexibility index (Phi) is 5.29. The summed E-state index contributed by atoms with van der Waals surface area (Å²) in [6.45, 7) is 9.67. The second-order valence-electron chi connectivity index (χ2n) is 5.91. The highest BCUT2D eigenvalue weighted by Crippen LogP contribution is 2.31. The summed E-state index contributed by atoms with van der Waals surface area (Å²) in [6, 6.07) is 6.13. The van der Waals surface area contributed by atoms with Crippen LogP contribution in [0.5, 0.6) is 0 Å². The molecule has 0 bridgehead atoms. The van der Waals surface area contributed by atoms with Crippen LogP contribution in [-0.2, 0) is 0 Å². The lowest BCUT2D eigenvalue weighted by Crippen LogP contribution is -2.31. The number of benzene rings is 1.